The molecular weight excluding hydrogens is 276 g/mol. The van der Waals surface area contributed by atoms with Gasteiger partial charge < -0.3 is 9.80 Å². The Hall–Kier alpha value is -1.06. The number of carbonyl (C=O) groups is 2. The SMILES string of the molecule is CCC(=O)N1CCC[C@H](C(=O)N2CCC3(CCCCC3)C2)C1. The number of hydrogen-bond acceptors (Lipinski definition) is 2. The highest BCUT2D eigenvalue weighted by Gasteiger charge is 2.42. The Balaban J connectivity index is 1.58. The molecule has 0 N–H and O–H groups in total. The van der Waals surface area contributed by atoms with Crippen molar-refractivity contribution >= 4 is 11.8 Å². The van der Waals surface area contributed by atoms with E-state index in [2.05, 4.69) is 4.90 Å². The summed E-state index contributed by atoms with van der Waals surface area (Å²) < 4.78 is 0. The van der Waals surface area contributed by atoms with E-state index in [-0.39, 0.29) is 11.8 Å². The number of amides is 2. The summed E-state index contributed by atoms with van der Waals surface area (Å²) in [4.78, 5) is 28.8. The van der Waals surface area contributed by atoms with Crippen LogP contribution in [0.4, 0.5) is 0 Å². The molecule has 0 unspecified atom stereocenters. The zero-order chi connectivity index (χ0) is 15.6. The molecule has 22 heavy (non-hydrogen) atoms. The minimum absolute atomic E-state index is 0.0444. The smallest absolute Gasteiger partial charge is 0.227 e. The van der Waals surface area contributed by atoms with E-state index in [4.69, 9.17) is 0 Å². The molecule has 0 aromatic heterocycles. The predicted octanol–water partition coefficient (Wildman–Crippen LogP) is 2.82. The lowest BCUT2D eigenvalue weighted by atomic mass is 9.73. The van der Waals surface area contributed by atoms with E-state index < -0.39 is 0 Å². The lowest BCUT2D eigenvalue weighted by Crippen LogP contribution is -2.46. The topological polar surface area (TPSA) is 40.6 Å². The van der Waals surface area contributed by atoms with Crippen molar-refractivity contribution in [2.45, 2.75) is 64.7 Å². The molecule has 2 heterocycles. The maximum atomic E-state index is 12.9. The fraction of sp³-hybridized carbons (Fsp3) is 0.889. The summed E-state index contributed by atoms with van der Waals surface area (Å²) in [6.45, 7) is 5.30. The fourth-order valence-electron chi connectivity index (χ4n) is 4.72. The third-order valence-corrected chi connectivity index (χ3v) is 6.09. The van der Waals surface area contributed by atoms with E-state index in [1.807, 2.05) is 11.8 Å². The Labute approximate surface area is 134 Å². The number of hydrogen-bond donors (Lipinski definition) is 0. The van der Waals surface area contributed by atoms with Gasteiger partial charge in [0.2, 0.25) is 11.8 Å². The van der Waals surface area contributed by atoms with Gasteiger partial charge in [0.05, 0.1) is 5.92 Å². The second kappa shape index (κ2) is 6.59. The van der Waals surface area contributed by atoms with Gasteiger partial charge >= 0.3 is 0 Å². The van der Waals surface area contributed by atoms with Crippen LogP contribution in [0.15, 0.2) is 0 Å². The van der Waals surface area contributed by atoms with Crippen molar-refractivity contribution in [3.8, 4) is 0 Å². The summed E-state index contributed by atoms with van der Waals surface area (Å²) in [5, 5.41) is 0. The van der Waals surface area contributed by atoms with Crippen LogP contribution in [0.3, 0.4) is 0 Å². The van der Waals surface area contributed by atoms with Gasteiger partial charge in [0, 0.05) is 32.6 Å². The quantitative estimate of drug-likeness (QED) is 0.787. The minimum Gasteiger partial charge on any atom is -0.342 e. The van der Waals surface area contributed by atoms with Crippen LogP contribution in [0.2, 0.25) is 0 Å². The standard InChI is InChI=1S/C18H30N2O2/c1-2-16(21)19-11-6-7-15(13-19)17(22)20-12-10-18(14-20)8-4-3-5-9-18/h15H,2-14H2,1H3/t15-/m0/s1. The van der Waals surface area contributed by atoms with Crippen molar-refractivity contribution in [2.24, 2.45) is 11.3 Å². The molecule has 1 saturated carbocycles. The molecule has 3 fully saturated rings. The van der Waals surface area contributed by atoms with Gasteiger partial charge in [-0.1, -0.05) is 26.2 Å². The zero-order valence-electron chi connectivity index (χ0n) is 14.0. The second-order valence-corrected chi connectivity index (χ2v) is 7.60. The highest BCUT2D eigenvalue weighted by molar-refractivity contribution is 5.81. The van der Waals surface area contributed by atoms with Crippen LogP contribution in [0, 0.1) is 11.3 Å². The molecule has 1 spiro atoms. The van der Waals surface area contributed by atoms with E-state index in [1.54, 1.807) is 0 Å². The monoisotopic (exact) mass is 306 g/mol. The maximum Gasteiger partial charge on any atom is 0.227 e. The van der Waals surface area contributed by atoms with Gasteiger partial charge in [-0.25, -0.2) is 0 Å². The molecule has 1 atom stereocenters. The number of likely N-dealkylation sites (tertiary alicyclic amines) is 2. The van der Waals surface area contributed by atoms with Crippen LogP contribution < -0.4 is 0 Å². The first-order valence-corrected chi connectivity index (χ1v) is 9.20. The third-order valence-electron chi connectivity index (χ3n) is 6.09. The average Bonchev–Trinajstić information content (AvgIpc) is 2.97. The van der Waals surface area contributed by atoms with Crippen molar-refractivity contribution in [3.63, 3.8) is 0 Å². The summed E-state index contributed by atoms with van der Waals surface area (Å²) in [5.41, 5.74) is 0.432. The van der Waals surface area contributed by atoms with E-state index in [0.29, 0.717) is 24.3 Å². The fourth-order valence-corrected chi connectivity index (χ4v) is 4.72. The number of carbonyl (C=O) groups excluding carboxylic acids is 2. The average molecular weight is 306 g/mol. The van der Waals surface area contributed by atoms with E-state index in [9.17, 15) is 9.59 Å². The molecule has 124 valence electrons. The van der Waals surface area contributed by atoms with Crippen LogP contribution in [0.1, 0.15) is 64.7 Å². The Morgan fingerprint density at radius 3 is 2.50 bits per heavy atom. The number of nitrogens with zero attached hydrogens (tertiary/aromatic N) is 2. The van der Waals surface area contributed by atoms with E-state index >= 15 is 0 Å². The normalized spacial score (nSPS) is 28.1. The molecule has 4 heteroatoms. The highest BCUT2D eigenvalue weighted by atomic mass is 16.2. The van der Waals surface area contributed by atoms with Crippen LogP contribution in [0.5, 0.6) is 0 Å². The Morgan fingerprint density at radius 1 is 1.00 bits per heavy atom. The molecule has 3 aliphatic rings. The van der Waals surface area contributed by atoms with Gasteiger partial charge in [0.15, 0.2) is 0 Å². The highest BCUT2D eigenvalue weighted by Crippen LogP contribution is 2.44. The van der Waals surface area contributed by atoms with Crippen molar-refractivity contribution in [2.75, 3.05) is 26.2 Å². The molecule has 2 amide bonds. The second-order valence-electron chi connectivity index (χ2n) is 7.60. The van der Waals surface area contributed by atoms with Gasteiger partial charge in [-0.2, -0.15) is 0 Å². The Kier molecular flexibility index (Phi) is 4.74. The van der Waals surface area contributed by atoms with Gasteiger partial charge in [0.1, 0.15) is 0 Å². The number of rotatable bonds is 2. The van der Waals surface area contributed by atoms with Gasteiger partial charge in [-0.05, 0) is 37.5 Å². The summed E-state index contributed by atoms with van der Waals surface area (Å²) in [5.74, 6) is 0.557. The Morgan fingerprint density at radius 2 is 1.77 bits per heavy atom. The molecule has 3 rings (SSSR count). The first-order chi connectivity index (χ1) is 10.6. The van der Waals surface area contributed by atoms with Crippen molar-refractivity contribution in [3.05, 3.63) is 0 Å². The van der Waals surface area contributed by atoms with Crippen molar-refractivity contribution in [1.29, 1.82) is 0 Å². The summed E-state index contributed by atoms with van der Waals surface area (Å²) in [6.07, 6.45) is 10.3. The van der Waals surface area contributed by atoms with Crippen LogP contribution in [-0.4, -0.2) is 47.8 Å². The van der Waals surface area contributed by atoms with Crippen molar-refractivity contribution < 1.29 is 9.59 Å². The molecule has 0 aromatic carbocycles. The minimum atomic E-state index is 0.0444. The van der Waals surface area contributed by atoms with Gasteiger partial charge in [-0.3, -0.25) is 9.59 Å². The lowest BCUT2D eigenvalue weighted by Gasteiger charge is -2.36. The Bertz CT molecular complexity index is 429. The lowest BCUT2D eigenvalue weighted by molar-refractivity contribution is -0.140. The molecule has 2 saturated heterocycles. The summed E-state index contributed by atoms with van der Waals surface area (Å²) in [6, 6.07) is 0. The first kappa shape index (κ1) is 15.8. The van der Waals surface area contributed by atoms with Crippen molar-refractivity contribution in [1.82, 2.24) is 9.80 Å². The molecule has 0 aromatic rings. The summed E-state index contributed by atoms with van der Waals surface area (Å²) in [7, 11) is 0. The molecule has 0 bridgehead atoms. The molecule has 1 aliphatic carbocycles. The summed E-state index contributed by atoms with van der Waals surface area (Å²) >= 11 is 0. The van der Waals surface area contributed by atoms with Crippen LogP contribution in [0.25, 0.3) is 0 Å². The molecule has 4 nitrogen and oxygen atoms in total. The van der Waals surface area contributed by atoms with E-state index in [1.165, 1.54) is 38.5 Å². The molecule has 0 radical (unpaired) electrons. The van der Waals surface area contributed by atoms with Crippen LogP contribution >= 0.6 is 0 Å². The molecular formula is C18H30N2O2. The first-order valence-electron chi connectivity index (χ1n) is 9.20. The predicted molar refractivity (Wildman–Crippen MR) is 86.3 cm³/mol. The number of piperidine rings is 1. The van der Waals surface area contributed by atoms with Gasteiger partial charge in [-0.15, -0.1) is 0 Å². The van der Waals surface area contributed by atoms with Crippen LogP contribution in [-0.2, 0) is 9.59 Å². The zero-order valence-corrected chi connectivity index (χ0v) is 14.0. The largest absolute Gasteiger partial charge is 0.342 e. The van der Waals surface area contributed by atoms with E-state index in [0.717, 1.165) is 32.5 Å². The molecule has 2 aliphatic heterocycles. The van der Waals surface area contributed by atoms with Gasteiger partial charge in [0.25, 0.3) is 0 Å². The maximum absolute atomic E-state index is 12.9. The third kappa shape index (κ3) is 3.16.